The number of aliphatic carboxylic acids is 1. The van der Waals surface area contributed by atoms with Crippen LogP contribution >= 0.6 is 0 Å². The first kappa shape index (κ1) is 14.5. The highest BCUT2D eigenvalue weighted by atomic mass is 16.4. The van der Waals surface area contributed by atoms with Gasteiger partial charge in [0, 0.05) is 13.0 Å². The SMILES string of the molecule is O=C(O)c1cccc(C(=O)O)c1N1CC(C(=O)O)CC1=O. The van der Waals surface area contributed by atoms with E-state index in [1.54, 1.807) is 0 Å². The van der Waals surface area contributed by atoms with Gasteiger partial charge in [0.2, 0.25) is 5.91 Å². The lowest BCUT2D eigenvalue weighted by Gasteiger charge is -2.20. The molecule has 1 aromatic rings. The number of rotatable bonds is 4. The maximum absolute atomic E-state index is 11.9. The Bertz CT molecular complexity index is 620. The van der Waals surface area contributed by atoms with Gasteiger partial charge in [-0.1, -0.05) is 6.07 Å². The van der Waals surface area contributed by atoms with Crippen LogP contribution in [0.3, 0.4) is 0 Å². The molecule has 8 nitrogen and oxygen atoms in total. The van der Waals surface area contributed by atoms with E-state index in [4.69, 9.17) is 15.3 Å². The number of carboxylic acid groups (broad SMARTS) is 3. The lowest BCUT2D eigenvalue weighted by molar-refractivity contribution is -0.141. The average Bonchev–Trinajstić information content (AvgIpc) is 2.79. The van der Waals surface area contributed by atoms with E-state index in [9.17, 15) is 19.2 Å². The lowest BCUT2D eigenvalue weighted by Crippen LogP contribution is -2.29. The van der Waals surface area contributed by atoms with E-state index in [1.807, 2.05) is 0 Å². The fraction of sp³-hybridized carbons (Fsp3) is 0.231. The lowest BCUT2D eigenvalue weighted by atomic mass is 10.1. The Labute approximate surface area is 118 Å². The summed E-state index contributed by atoms with van der Waals surface area (Å²) in [6.45, 7) is -0.251. The second-order valence-corrected chi connectivity index (χ2v) is 4.56. The van der Waals surface area contributed by atoms with E-state index in [2.05, 4.69) is 0 Å². The van der Waals surface area contributed by atoms with E-state index >= 15 is 0 Å². The molecule has 2 rings (SSSR count). The van der Waals surface area contributed by atoms with Crippen LogP contribution in [0.2, 0.25) is 0 Å². The molecule has 1 aromatic carbocycles. The second-order valence-electron chi connectivity index (χ2n) is 4.56. The molecule has 3 N–H and O–H groups in total. The molecule has 0 bridgehead atoms. The van der Waals surface area contributed by atoms with Gasteiger partial charge in [0.25, 0.3) is 0 Å². The Balaban J connectivity index is 2.57. The molecule has 0 aromatic heterocycles. The van der Waals surface area contributed by atoms with Gasteiger partial charge in [-0.05, 0) is 12.1 Å². The number of anilines is 1. The molecule has 1 unspecified atom stereocenters. The highest BCUT2D eigenvalue weighted by Crippen LogP contribution is 2.31. The fourth-order valence-corrected chi connectivity index (χ4v) is 2.27. The first-order valence-electron chi connectivity index (χ1n) is 5.95. The summed E-state index contributed by atoms with van der Waals surface area (Å²) in [5.74, 6) is -5.56. The number of benzene rings is 1. The third-order valence-electron chi connectivity index (χ3n) is 3.24. The summed E-state index contributed by atoms with van der Waals surface area (Å²) in [6.07, 6.45) is -0.289. The summed E-state index contributed by atoms with van der Waals surface area (Å²) < 4.78 is 0. The average molecular weight is 293 g/mol. The van der Waals surface area contributed by atoms with Crippen LogP contribution in [0.5, 0.6) is 0 Å². The minimum atomic E-state index is -1.39. The van der Waals surface area contributed by atoms with E-state index < -0.39 is 29.7 Å². The maximum atomic E-state index is 11.9. The van der Waals surface area contributed by atoms with Gasteiger partial charge >= 0.3 is 17.9 Å². The number of carbonyl (C=O) groups excluding carboxylic acids is 1. The van der Waals surface area contributed by atoms with Crippen LogP contribution in [0, 0.1) is 5.92 Å². The molecule has 0 radical (unpaired) electrons. The van der Waals surface area contributed by atoms with Crippen molar-refractivity contribution in [1.82, 2.24) is 0 Å². The van der Waals surface area contributed by atoms with Crippen molar-refractivity contribution in [3.05, 3.63) is 29.3 Å². The van der Waals surface area contributed by atoms with Crippen molar-refractivity contribution in [3.63, 3.8) is 0 Å². The number of amides is 1. The maximum Gasteiger partial charge on any atom is 0.337 e. The molecule has 1 heterocycles. The van der Waals surface area contributed by atoms with Crippen molar-refractivity contribution in [2.24, 2.45) is 5.92 Å². The Hall–Kier alpha value is -2.90. The summed E-state index contributed by atoms with van der Waals surface area (Å²) >= 11 is 0. The molecule has 21 heavy (non-hydrogen) atoms. The van der Waals surface area contributed by atoms with Crippen molar-refractivity contribution in [1.29, 1.82) is 0 Å². The number of para-hydroxylation sites is 1. The fourth-order valence-electron chi connectivity index (χ4n) is 2.27. The number of nitrogens with zero attached hydrogens (tertiary/aromatic N) is 1. The van der Waals surface area contributed by atoms with Crippen molar-refractivity contribution in [2.75, 3.05) is 11.4 Å². The number of aromatic carboxylic acids is 2. The highest BCUT2D eigenvalue weighted by Gasteiger charge is 2.38. The molecule has 1 amide bonds. The van der Waals surface area contributed by atoms with Crippen molar-refractivity contribution < 1.29 is 34.5 Å². The number of carbonyl (C=O) groups is 4. The van der Waals surface area contributed by atoms with Crippen LogP contribution in [0.15, 0.2) is 18.2 Å². The smallest absolute Gasteiger partial charge is 0.337 e. The van der Waals surface area contributed by atoms with Gasteiger partial charge in [-0.2, -0.15) is 0 Å². The summed E-state index contributed by atoms with van der Waals surface area (Å²) in [4.78, 5) is 46.2. The van der Waals surface area contributed by atoms with Gasteiger partial charge in [0.15, 0.2) is 0 Å². The zero-order valence-electron chi connectivity index (χ0n) is 10.6. The molecule has 1 atom stereocenters. The molecule has 1 aliphatic heterocycles. The molecule has 0 spiro atoms. The standard InChI is InChI=1S/C13H11NO7/c15-9-4-6(11(16)17)5-14(9)10-7(12(18)19)2-1-3-8(10)13(20)21/h1-3,6H,4-5H2,(H,16,17)(H,18,19)(H,20,21). The van der Waals surface area contributed by atoms with Crippen LogP contribution in [0.1, 0.15) is 27.1 Å². The zero-order chi connectivity index (χ0) is 15.7. The molecular formula is C13H11NO7. The van der Waals surface area contributed by atoms with Gasteiger partial charge in [-0.3, -0.25) is 9.59 Å². The third kappa shape index (κ3) is 2.55. The van der Waals surface area contributed by atoms with Crippen LogP contribution in [0.25, 0.3) is 0 Å². The predicted octanol–water partition coefficient (Wildman–Crippen LogP) is 0.521. The zero-order valence-corrected chi connectivity index (χ0v) is 10.6. The second kappa shape index (κ2) is 5.23. The topological polar surface area (TPSA) is 132 Å². The Morgan fingerprint density at radius 3 is 1.95 bits per heavy atom. The molecular weight excluding hydrogens is 282 g/mol. The minimum Gasteiger partial charge on any atom is -0.481 e. The molecule has 0 saturated carbocycles. The summed E-state index contributed by atoms with van der Waals surface area (Å²) in [5.41, 5.74) is -0.977. The molecule has 8 heteroatoms. The van der Waals surface area contributed by atoms with Gasteiger partial charge < -0.3 is 20.2 Å². The summed E-state index contributed by atoms with van der Waals surface area (Å²) in [6, 6.07) is 3.60. The number of carboxylic acids is 3. The molecule has 1 saturated heterocycles. The van der Waals surface area contributed by atoms with Crippen LogP contribution < -0.4 is 4.90 Å². The number of hydrogen-bond acceptors (Lipinski definition) is 4. The normalized spacial score (nSPS) is 17.8. The summed E-state index contributed by atoms with van der Waals surface area (Å²) in [5, 5.41) is 27.2. The monoisotopic (exact) mass is 293 g/mol. The van der Waals surface area contributed by atoms with Crippen LogP contribution in [0.4, 0.5) is 5.69 Å². The van der Waals surface area contributed by atoms with E-state index in [0.29, 0.717) is 0 Å². The van der Waals surface area contributed by atoms with Crippen molar-refractivity contribution in [2.45, 2.75) is 6.42 Å². The molecule has 110 valence electrons. The van der Waals surface area contributed by atoms with E-state index in [-0.39, 0.29) is 29.8 Å². The molecule has 1 fully saturated rings. The van der Waals surface area contributed by atoms with Gasteiger partial charge in [0.05, 0.1) is 22.7 Å². The Morgan fingerprint density at radius 1 is 1.05 bits per heavy atom. The van der Waals surface area contributed by atoms with E-state index in [0.717, 1.165) is 4.90 Å². The quantitative estimate of drug-likeness (QED) is 0.737. The number of hydrogen-bond donors (Lipinski definition) is 3. The van der Waals surface area contributed by atoms with Crippen LogP contribution in [-0.2, 0) is 9.59 Å². The largest absolute Gasteiger partial charge is 0.481 e. The molecule has 1 aliphatic rings. The first-order valence-corrected chi connectivity index (χ1v) is 5.95. The van der Waals surface area contributed by atoms with E-state index in [1.165, 1.54) is 18.2 Å². The Kier molecular flexibility index (Phi) is 3.62. The van der Waals surface area contributed by atoms with Gasteiger partial charge in [-0.25, -0.2) is 9.59 Å². The third-order valence-corrected chi connectivity index (χ3v) is 3.24. The van der Waals surface area contributed by atoms with Crippen molar-refractivity contribution in [3.8, 4) is 0 Å². The predicted molar refractivity (Wildman–Crippen MR) is 68.5 cm³/mol. The highest BCUT2D eigenvalue weighted by molar-refractivity contribution is 6.10. The summed E-state index contributed by atoms with van der Waals surface area (Å²) in [7, 11) is 0. The Morgan fingerprint density at radius 2 is 1.57 bits per heavy atom. The molecule has 0 aliphatic carbocycles. The van der Waals surface area contributed by atoms with Gasteiger partial charge in [-0.15, -0.1) is 0 Å². The van der Waals surface area contributed by atoms with Gasteiger partial charge in [0.1, 0.15) is 0 Å². The minimum absolute atomic E-state index is 0.251. The first-order chi connectivity index (χ1) is 9.82. The van der Waals surface area contributed by atoms with Crippen LogP contribution in [-0.4, -0.2) is 45.7 Å². The van der Waals surface area contributed by atoms with Crippen molar-refractivity contribution >= 4 is 29.5 Å².